The van der Waals surface area contributed by atoms with Crippen LogP contribution in [0.15, 0.2) is 77.8 Å². The molecule has 0 unspecified atom stereocenters. The number of ether oxygens (including phenoxy) is 1. The van der Waals surface area contributed by atoms with Gasteiger partial charge in [0.25, 0.3) is 11.8 Å². The average molecular weight is 461 g/mol. The maximum Gasteiger partial charge on any atom is 0.329 e. The van der Waals surface area contributed by atoms with E-state index in [1.807, 2.05) is 36.4 Å². The molecule has 3 aromatic rings. The molecule has 0 radical (unpaired) electrons. The van der Waals surface area contributed by atoms with E-state index in [9.17, 15) is 14.4 Å². The molecule has 0 bridgehead atoms. The van der Waals surface area contributed by atoms with E-state index in [4.69, 9.17) is 16.3 Å². The molecule has 0 saturated carbocycles. The second kappa shape index (κ2) is 9.79. The molecule has 0 spiro atoms. The van der Waals surface area contributed by atoms with Gasteiger partial charge in [0.1, 0.15) is 6.04 Å². The van der Waals surface area contributed by atoms with Crippen LogP contribution in [0.3, 0.4) is 0 Å². The summed E-state index contributed by atoms with van der Waals surface area (Å²) in [7, 11) is 0. The Morgan fingerprint density at radius 1 is 0.970 bits per heavy atom. The summed E-state index contributed by atoms with van der Waals surface area (Å²) >= 11 is 5.90. The van der Waals surface area contributed by atoms with E-state index >= 15 is 0 Å². The molecule has 2 amide bonds. The van der Waals surface area contributed by atoms with Crippen LogP contribution in [0.5, 0.6) is 0 Å². The molecule has 1 heterocycles. The van der Waals surface area contributed by atoms with Crippen molar-refractivity contribution < 1.29 is 19.1 Å². The lowest BCUT2D eigenvalue weighted by atomic mass is 10.0. The van der Waals surface area contributed by atoms with Crippen LogP contribution in [0.2, 0.25) is 5.02 Å². The van der Waals surface area contributed by atoms with E-state index < -0.39 is 23.8 Å². The van der Waals surface area contributed by atoms with Gasteiger partial charge in [-0.05, 0) is 54.4 Å². The zero-order valence-corrected chi connectivity index (χ0v) is 18.7. The quantitative estimate of drug-likeness (QED) is 0.286. The predicted molar refractivity (Wildman–Crippen MR) is 126 cm³/mol. The molecule has 0 N–H and O–H groups in total. The minimum Gasteiger partial charge on any atom is -0.464 e. The zero-order valence-electron chi connectivity index (χ0n) is 17.9. The highest BCUT2D eigenvalue weighted by Gasteiger charge is 2.43. The summed E-state index contributed by atoms with van der Waals surface area (Å²) in [6, 6.07) is 20.1. The minimum absolute atomic E-state index is 0.144. The topological polar surface area (TPSA) is 76.0 Å². The second-order valence-electron chi connectivity index (χ2n) is 7.47. The SMILES string of the molecule is CCOC(=O)[C@@H](Cc1ccc(N=Cc2ccc(Cl)cc2)cc1)N1C(=O)c2ccccc2C1=O. The third kappa shape index (κ3) is 4.86. The summed E-state index contributed by atoms with van der Waals surface area (Å²) in [5.74, 6) is -1.59. The molecular weight excluding hydrogens is 440 g/mol. The van der Waals surface area contributed by atoms with Crippen molar-refractivity contribution in [3.8, 4) is 0 Å². The number of imide groups is 1. The van der Waals surface area contributed by atoms with Crippen molar-refractivity contribution in [1.82, 2.24) is 4.90 Å². The van der Waals surface area contributed by atoms with Gasteiger partial charge >= 0.3 is 5.97 Å². The average Bonchev–Trinajstić information content (AvgIpc) is 3.08. The summed E-state index contributed by atoms with van der Waals surface area (Å²) in [5, 5.41) is 0.658. The van der Waals surface area contributed by atoms with E-state index in [0.717, 1.165) is 21.7 Å². The summed E-state index contributed by atoms with van der Waals surface area (Å²) in [4.78, 5) is 44.0. The number of nitrogens with zero attached hydrogens (tertiary/aromatic N) is 2. The Bertz CT molecular complexity index is 1180. The largest absolute Gasteiger partial charge is 0.464 e. The fourth-order valence-electron chi connectivity index (χ4n) is 3.65. The Hall–Kier alpha value is -3.77. The van der Waals surface area contributed by atoms with Gasteiger partial charge in [0.05, 0.1) is 23.4 Å². The Balaban J connectivity index is 1.54. The van der Waals surface area contributed by atoms with Gasteiger partial charge in [-0.1, -0.05) is 48.0 Å². The molecule has 1 atom stereocenters. The first kappa shape index (κ1) is 22.4. The Kier molecular flexibility index (Phi) is 6.66. The van der Waals surface area contributed by atoms with Crippen LogP contribution in [0.4, 0.5) is 5.69 Å². The normalized spacial score (nSPS) is 13.9. The molecule has 4 rings (SSSR count). The maximum absolute atomic E-state index is 12.9. The van der Waals surface area contributed by atoms with Gasteiger partial charge in [-0.2, -0.15) is 0 Å². The van der Waals surface area contributed by atoms with Crippen molar-refractivity contribution >= 4 is 41.3 Å². The summed E-state index contributed by atoms with van der Waals surface area (Å²) in [5.41, 5.74) is 3.00. The molecule has 0 aliphatic carbocycles. The molecule has 6 nitrogen and oxygen atoms in total. The zero-order chi connectivity index (χ0) is 23.4. The van der Waals surface area contributed by atoms with E-state index in [2.05, 4.69) is 4.99 Å². The molecule has 166 valence electrons. The number of hydrogen-bond acceptors (Lipinski definition) is 5. The predicted octanol–water partition coefficient (Wildman–Crippen LogP) is 4.86. The smallest absolute Gasteiger partial charge is 0.329 e. The molecule has 1 aliphatic rings. The standard InChI is InChI=1S/C26H21ClN2O4/c1-2-33-26(32)23(29-24(30)21-5-3-4-6-22(21)25(29)31)15-17-9-13-20(14-10-17)28-16-18-7-11-19(27)12-8-18/h3-14,16,23H,2,15H2,1H3/t23-/m1/s1. The van der Waals surface area contributed by atoms with Crippen molar-refractivity contribution in [2.75, 3.05) is 6.61 Å². The van der Waals surface area contributed by atoms with Crippen LogP contribution in [0, 0.1) is 0 Å². The first-order valence-electron chi connectivity index (χ1n) is 10.5. The molecule has 1 aliphatic heterocycles. The van der Waals surface area contributed by atoms with E-state index in [1.165, 1.54) is 0 Å². The van der Waals surface area contributed by atoms with E-state index in [1.54, 1.807) is 49.5 Å². The molecule has 0 aromatic heterocycles. The molecule has 0 saturated heterocycles. The Labute approximate surface area is 196 Å². The van der Waals surface area contributed by atoms with Crippen LogP contribution in [0.25, 0.3) is 0 Å². The number of fused-ring (bicyclic) bond motifs is 1. The second-order valence-corrected chi connectivity index (χ2v) is 7.91. The van der Waals surface area contributed by atoms with Gasteiger partial charge in [-0.25, -0.2) is 4.79 Å². The number of halogens is 1. The highest BCUT2D eigenvalue weighted by molar-refractivity contribution is 6.30. The van der Waals surface area contributed by atoms with Crippen LogP contribution in [-0.2, 0) is 16.0 Å². The van der Waals surface area contributed by atoms with Crippen LogP contribution in [0.1, 0.15) is 38.8 Å². The number of aliphatic imine (C=N–C) groups is 1. The third-order valence-electron chi connectivity index (χ3n) is 5.29. The number of hydrogen-bond donors (Lipinski definition) is 0. The molecular formula is C26H21ClN2O4. The van der Waals surface area contributed by atoms with Crippen LogP contribution >= 0.6 is 11.6 Å². The lowest BCUT2D eigenvalue weighted by molar-refractivity contribution is -0.147. The number of rotatable bonds is 7. The fourth-order valence-corrected chi connectivity index (χ4v) is 3.77. The van der Waals surface area contributed by atoms with Crippen LogP contribution in [-0.4, -0.2) is 41.5 Å². The number of benzene rings is 3. The maximum atomic E-state index is 12.9. The number of carbonyl (C=O) groups excluding carboxylic acids is 3. The summed E-state index contributed by atoms with van der Waals surface area (Å²) in [6.45, 7) is 1.83. The molecule has 0 fully saturated rings. The van der Waals surface area contributed by atoms with Crippen molar-refractivity contribution in [2.45, 2.75) is 19.4 Å². The molecule has 3 aromatic carbocycles. The number of carbonyl (C=O) groups is 3. The lowest BCUT2D eigenvalue weighted by Gasteiger charge is -2.24. The number of esters is 1. The van der Waals surface area contributed by atoms with Gasteiger partial charge in [-0.3, -0.25) is 19.5 Å². The number of amides is 2. The molecule has 33 heavy (non-hydrogen) atoms. The molecule has 7 heteroatoms. The minimum atomic E-state index is -1.05. The summed E-state index contributed by atoms with van der Waals surface area (Å²) in [6.07, 6.45) is 1.87. The fraction of sp³-hybridized carbons (Fsp3) is 0.154. The first-order valence-corrected chi connectivity index (χ1v) is 10.9. The van der Waals surface area contributed by atoms with Gasteiger partial charge in [0.2, 0.25) is 0 Å². The van der Waals surface area contributed by atoms with Crippen LogP contribution < -0.4 is 0 Å². The Morgan fingerprint density at radius 2 is 1.58 bits per heavy atom. The highest BCUT2D eigenvalue weighted by Crippen LogP contribution is 2.27. The van der Waals surface area contributed by atoms with Crippen molar-refractivity contribution in [3.63, 3.8) is 0 Å². The Morgan fingerprint density at radius 3 is 2.15 bits per heavy atom. The van der Waals surface area contributed by atoms with Crippen molar-refractivity contribution in [2.24, 2.45) is 4.99 Å². The van der Waals surface area contributed by atoms with E-state index in [-0.39, 0.29) is 13.0 Å². The lowest BCUT2D eigenvalue weighted by Crippen LogP contribution is -2.47. The van der Waals surface area contributed by atoms with Gasteiger partial charge < -0.3 is 4.74 Å². The monoisotopic (exact) mass is 460 g/mol. The van der Waals surface area contributed by atoms with Gasteiger partial charge in [-0.15, -0.1) is 0 Å². The summed E-state index contributed by atoms with van der Waals surface area (Å²) < 4.78 is 5.19. The third-order valence-corrected chi connectivity index (χ3v) is 5.55. The first-order chi connectivity index (χ1) is 16.0. The van der Waals surface area contributed by atoms with Gasteiger partial charge in [0, 0.05) is 17.7 Å². The van der Waals surface area contributed by atoms with Crippen molar-refractivity contribution in [3.05, 3.63) is 100 Å². The van der Waals surface area contributed by atoms with E-state index in [0.29, 0.717) is 16.1 Å². The van der Waals surface area contributed by atoms with Crippen molar-refractivity contribution in [1.29, 1.82) is 0 Å². The highest BCUT2D eigenvalue weighted by atomic mass is 35.5. The van der Waals surface area contributed by atoms with Gasteiger partial charge in [0.15, 0.2) is 0 Å².